The third kappa shape index (κ3) is 5.13. The van der Waals surface area contributed by atoms with Crippen molar-refractivity contribution in [2.45, 2.75) is 6.42 Å². The van der Waals surface area contributed by atoms with E-state index in [1.54, 1.807) is 30.8 Å². The van der Waals surface area contributed by atoms with Crippen LogP contribution in [0, 0.1) is 0 Å². The molecule has 112 valence electrons. The molecule has 0 spiro atoms. The van der Waals surface area contributed by atoms with Gasteiger partial charge in [-0.05, 0) is 12.1 Å². The van der Waals surface area contributed by atoms with Gasteiger partial charge in [0.05, 0.1) is 12.3 Å². The number of nitrogens with zero attached hydrogens (tertiary/aromatic N) is 2. The number of carbonyl (C=O) groups excluding carboxylic acids is 1. The number of hydrogen-bond acceptors (Lipinski definition) is 5. The molecule has 0 unspecified atom stereocenters. The van der Waals surface area contributed by atoms with E-state index in [4.69, 9.17) is 4.74 Å². The maximum atomic E-state index is 11.4. The average Bonchev–Trinajstić information content (AvgIpc) is 2.97. The Hall–Kier alpha value is -1.99. The molecule has 0 bridgehead atoms. The second kappa shape index (κ2) is 8.33. The number of thiazole rings is 1. The predicted molar refractivity (Wildman–Crippen MR) is 82.3 cm³/mol. The smallest absolute Gasteiger partial charge is 0.314 e. The van der Waals surface area contributed by atoms with E-state index in [9.17, 15) is 4.79 Å². The van der Waals surface area contributed by atoms with Crippen LogP contribution in [-0.2, 0) is 11.2 Å². The fraction of sp³-hybridized carbons (Fsp3) is 0.357. The van der Waals surface area contributed by atoms with Gasteiger partial charge in [-0.2, -0.15) is 0 Å². The monoisotopic (exact) mass is 306 g/mol. The van der Waals surface area contributed by atoms with Gasteiger partial charge in [0.1, 0.15) is 5.01 Å². The third-order valence-electron chi connectivity index (χ3n) is 2.74. The highest BCUT2D eigenvalue weighted by Gasteiger charge is 2.05. The Kier molecular flexibility index (Phi) is 6.11. The quantitative estimate of drug-likeness (QED) is 0.763. The zero-order valence-electron chi connectivity index (χ0n) is 11.8. The van der Waals surface area contributed by atoms with E-state index < -0.39 is 0 Å². The van der Waals surface area contributed by atoms with Crippen LogP contribution in [0.25, 0.3) is 10.6 Å². The van der Waals surface area contributed by atoms with Gasteiger partial charge in [0.15, 0.2) is 0 Å². The maximum absolute atomic E-state index is 11.4. The summed E-state index contributed by atoms with van der Waals surface area (Å²) in [4.78, 5) is 20.0. The summed E-state index contributed by atoms with van der Waals surface area (Å²) in [5, 5.41) is 8.47. The summed E-state index contributed by atoms with van der Waals surface area (Å²) >= 11 is 1.59. The molecule has 0 saturated heterocycles. The molecular weight excluding hydrogens is 288 g/mol. The number of nitrogens with one attached hydrogen (secondary N) is 2. The fourth-order valence-corrected chi connectivity index (χ4v) is 2.54. The molecule has 2 aromatic heterocycles. The molecule has 0 atom stereocenters. The van der Waals surface area contributed by atoms with Crippen LogP contribution in [0.3, 0.4) is 0 Å². The molecule has 2 heterocycles. The molecule has 2 aromatic rings. The summed E-state index contributed by atoms with van der Waals surface area (Å²) < 4.78 is 4.86. The van der Waals surface area contributed by atoms with Gasteiger partial charge in [-0.1, -0.05) is 0 Å². The number of pyridine rings is 1. The Bertz CT molecular complexity index is 559. The van der Waals surface area contributed by atoms with Gasteiger partial charge in [-0.15, -0.1) is 11.3 Å². The van der Waals surface area contributed by atoms with E-state index in [2.05, 4.69) is 20.6 Å². The molecule has 2 N–H and O–H groups in total. The number of carbonyl (C=O) groups is 1. The summed E-state index contributed by atoms with van der Waals surface area (Å²) in [5.74, 6) is 0. The molecule has 7 heteroatoms. The van der Waals surface area contributed by atoms with Gasteiger partial charge in [0, 0.05) is 50.0 Å². The molecule has 0 radical (unpaired) electrons. The number of methoxy groups -OCH3 is 1. The van der Waals surface area contributed by atoms with Gasteiger partial charge in [-0.25, -0.2) is 9.78 Å². The van der Waals surface area contributed by atoms with E-state index in [-0.39, 0.29) is 6.03 Å². The van der Waals surface area contributed by atoms with Crippen LogP contribution >= 0.6 is 11.3 Å². The molecule has 0 aromatic carbocycles. The van der Waals surface area contributed by atoms with Crippen LogP contribution in [-0.4, -0.2) is 42.8 Å². The molecule has 2 rings (SSSR count). The second-order valence-corrected chi connectivity index (χ2v) is 5.16. The minimum atomic E-state index is -0.184. The maximum Gasteiger partial charge on any atom is 0.314 e. The number of aromatic nitrogens is 2. The molecule has 0 fully saturated rings. The van der Waals surface area contributed by atoms with Crippen molar-refractivity contribution in [1.29, 1.82) is 0 Å². The number of ether oxygens (including phenoxy) is 1. The number of hydrogen-bond donors (Lipinski definition) is 2. The van der Waals surface area contributed by atoms with Gasteiger partial charge < -0.3 is 15.4 Å². The van der Waals surface area contributed by atoms with Crippen LogP contribution in [0.4, 0.5) is 4.79 Å². The summed E-state index contributed by atoms with van der Waals surface area (Å²) in [6, 6.07) is 3.69. The van der Waals surface area contributed by atoms with Crippen molar-refractivity contribution in [2.75, 3.05) is 26.8 Å². The van der Waals surface area contributed by atoms with E-state index in [1.165, 1.54) is 0 Å². The number of rotatable bonds is 7. The standard InChI is InChI=1S/C14H18N4O2S/c1-20-9-8-17-14(19)16-7-4-12-10-21-13(18-12)11-2-5-15-6-3-11/h2-3,5-6,10H,4,7-9H2,1H3,(H2,16,17,19). The van der Waals surface area contributed by atoms with Crippen molar-refractivity contribution in [3.8, 4) is 10.6 Å². The molecule has 0 aliphatic rings. The van der Waals surface area contributed by atoms with Crippen molar-refractivity contribution >= 4 is 17.4 Å². The minimum absolute atomic E-state index is 0.184. The van der Waals surface area contributed by atoms with Crippen molar-refractivity contribution in [1.82, 2.24) is 20.6 Å². The second-order valence-electron chi connectivity index (χ2n) is 4.31. The Morgan fingerprint density at radius 3 is 2.81 bits per heavy atom. The molecule has 2 amide bonds. The summed E-state index contributed by atoms with van der Waals surface area (Å²) in [7, 11) is 1.60. The first-order valence-electron chi connectivity index (χ1n) is 6.65. The Labute approximate surface area is 127 Å². The molecule has 6 nitrogen and oxygen atoms in total. The Morgan fingerprint density at radius 2 is 2.05 bits per heavy atom. The first-order chi connectivity index (χ1) is 10.3. The predicted octanol–water partition coefficient (Wildman–Crippen LogP) is 1.69. The van der Waals surface area contributed by atoms with E-state index >= 15 is 0 Å². The van der Waals surface area contributed by atoms with E-state index in [0.29, 0.717) is 26.1 Å². The molecule has 0 saturated carbocycles. The van der Waals surface area contributed by atoms with Crippen LogP contribution < -0.4 is 10.6 Å². The van der Waals surface area contributed by atoms with Crippen molar-refractivity contribution in [2.24, 2.45) is 0 Å². The van der Waals surface area contributed by atoms with Crippen LogP contribution in [0.5, 0.6) is 0 Å². The average molecular weight is 306 g/mol. The lowest BCUT2D eigenvalue weighted by atomic mass is 10.3. The number of urea groups is 1. The molecular formula is C14H18N4O2S. The van der Waals surface area contributed by atoms with E-state index in [0.717, 1.165) is 16.3 Å². The minimum Gasteiger partial charge on any atom is -0.383 e. The highest BCUT2D eigenvalue weighted by molar-refractivity contribution is 7.13. The van der Waals surface area contributed by atoms with Crippen molar-refractivity contribution < 1.29 is 9.53 Å². The number of amides is 2. The highest BCUT2D eigenvalue weighted by Crippen LogP contribution is 2.22. The third-order valence-corrected chi connectivity index (χ3v) is 3.68. The van der Waals surface area contributed by atoms with Crippen LogP contribution in [0.15, 0.2) is 29.9 Å². The fourth-order valence-electron chi connectivity index (χ4n) is 1.68. The normalized spacial score (nSPS) is 10.3. The van der Waals surface area contributed by atoms with Gasteiger partial charge >= 0.3 is 6.03 Å². The van der Waals surface area contributed by atoms with Gasteiger partial charge in [0.25, 0.3) is 0 Å². The van der Waals surface area contributed by atoms with Crippen molar-refractivity contribution in [3.63, 3.8) is 0 Å². The Morgan fingerprint density at radius 1 is 1.29 bits per heavy atom. The molecule has 0 aliphatic heterocycles. The Balaban J connectivity index is 1.75. The van der Waals surface area contributed by atoms with Gasteiger partial charge in [0.2, 0.25) is 0 Å². The molecule has 21 heavy (non-hydrogen) atoms. The largest absolute Gasteiger partial charge is 0.383 e. The first-order valence-corrected chi connectivity index (χ1v) is 7.53. The lowest BCUT2D eigenvalue weighted by molar-refractivity contribution is 0.196. The van der Waals surface area contributed by atoms with Crippen LogP contribution in [0.2, 0.25) is 0 Å². The van der Waals surface area contributed by atoms with Crippen LogP contribution in [0.1, 0.15) is 5.69 Å². The first kappa shape index (κ1) is 15.4. The zero-order valence-corrected chi connectivity index (χ0v) is 12.7. The lowest BCUT2D eigenvalue weighted by Gasteiger charge is -2.05. The highest BCUT2D eigenvalue weighted by atomic mass is 32.1. The van der Waals surface area contributed by atoms with Gasteiger partial charge in [-0.3, -0.25) is 4.98 Å². The topological polar surface area (TPSA) is 76.1 Å². The van der Waals surface area contributed by atoms with Crippen molar-refractivity contribution in [3.05, 3.63) is 35.6 Å². The summed E-state index contributed by atoms with van der Waals surface area (Å²) in [6.45, 7) is 1.57. The SMILES string of the molecule is COCCNC(=O)NCCc1csc(-c2ccncc2)n1. The zero-order chi connectivity index (χ0) is 14.9. The molecule has 0 aliphatic carbocycles. The summed E-state index contributed by atoms with van der Waals surface area (Å²) in [5.41, 5.74) is 2.04. The lowest BCUT2D eigenvalue weighted by Crippen LogP contribution is -2.38. The summed E-state index contributed by atoms with van der Waals surface area (Å²) in [6.07, 6.45) is 4.21. The van der Waals surface area contributed by atoms with E-state index in [1.807, 2.05) is 17.5 Å².